The molecular weight excluding hydrogens is 264 g/mol. The highest BCUT2D eigenvalue weighted by Gasteiger charge is 2.44. The Balaban J connectivity index is 1.86. The molecule has 0 saturated heterocycles. The van der Waals surface area contributed by atoms with E-state index in [1.54, 1.807) is 0 Å². The topological polar surface area (TPSA) is 50.4 Å². The first kappa shape index (κ1) is 14.2. The maximum Gasteiger partial charge on any atom is 0.250 e. The molecule has 4 heteroatoms. The molecule has 0 atom stereocenters. The van der Waals surface area contributed by atoms with Crippen molar-refractivity contribution in [1.29, 1.82) is 0 Å². The zero-order valence-corrected chi connectivity index (χ0v) is 12.9. The highest BCUT2D eigenvalue weighted by atomic mass is 16.5. The fourth-order valence-electron chi connectivity index (χ4n) is 3.52. The van der Waals surface area contributed by atoms with Crippen LogP contribution >= 0.6 is 0 Å². The molecule has 3 rings (SSSR count). The standard InChI is InChI=1S/C17H24N2O2/c1-3-12-8-10-17(11-9-12)16(20)18-15-13(19-17)6-5-7-14(15)21-4-2/h5-7,12,19H,3-4,8-11H2,1-2H3,(H,18,20). The third kappa shape index (κ3) is 2.47. The van der Waals surface area contributed by atoms with E-state index in [1.807, 2.05) is 25.1 Å². The zero-order valence-electron chi connectivity index (χ0n) is 12.9. The van der Waals surface area contributed by atoms with Crippen LogP contribution in [0.15, 0.2) is 18.2 Å². The Kier molecular flexibility index (Phi) is 3.79. The van der Waals surface area contributed by atoms with Gasteiger partial charge in [0.25, 0.3) is 0 Å². The molecule has 2 N–H and O–H groups in total. The molecule has 2 aliphatic rings. The number of amides is 1. The Hall–Kier alpha value is -1.71. The molecule has 1 heterocycles. The first-order valence-electron chi connectivity index (χ1n) is 8.04. The van der Waals surface area contributed by atoms with Gasteiger partial charge in [-0.1, -0.05) is 19.4 Å². The van der Waals surface area contributed by atoms with E-state index in [4.69, 9.17) is 4.74 Å². The number of para-hydroxylation sites is 1. The van der Waals surface area contributed by atoms with Gasteiger partial charge >= 0.3 is 0 Å². The number of rotatable bonds is 3. The summed E-state index contributed by atoms with van der Waals surface area (Å²) in [5.41, 5.74) is 1.34. The molecular formula is C17H24N2O2. The summed E-state index contributed by atoms with van der Waals surface area (Å²) in [7, 11) is 0. The number of fused-ring (bicyclic) bond motifs is 1. The minimum atomic E-state index is -0.427. The molecule has 1 saturated carbocycles. The van der Waals surface area contributed by atoms with Crippen LogP contribution in [-0.2, 0) is 4.79 Å². The van der Waals surface area contributed by atoms with Crippen LogP contribution in [0.2, 0.25) is 0 Å². The summed E-state index contributed by atoms with van der Waals surface area (Å²) in [6.45, 7) is 4.78. The summed E-state index contributed by atoms with van der Waals surface area (Å²) in [6, 6.07) is 5.89. The van der Waals surface area contributed by atoms with E-state index in [-0.39, 0.29) is 5.91 Å². The molecule has 21 heavy (non-hydrogen) atoms. The normalized spacial score (nSPS) is 27.7. The third-order valence-corrected chi connectivity index (χ3v) is 4.91. The van der Waals surface area contributed by atoms with Gasteiger partial charge in [0.05, 0.1) is 12.3 Å². The summed E-state index contributed by atoms with van der Waals surface area (Å²) in [5.74, 6) is 1.60. The molecule has 0 unspecified atom stereocenters. The van der Waals surface area contributed by atoms with Gasteiger partial charge < -0.3 is 15.4 Å². The molecule has 4 nitrogen and oxygen atoms in total. The van der Waals surface area contributed by atoms with E-state index in [1.165, 1.54) is 6.42 Å². The van der Waals surface area contributed by atoms with Crippen molar-refractivity contribution < 1.29 is 9.53 Å². The number of carbonyl (C=O) groups excluding carboxylic acids is 1. The second-order valence-corrected chi connectivity index (χ2v) is 6.12. The van der Waals surface area contributed by atoms with Gasteiger partial charge in [0.2, 0.25) is 5.91 Å². The fraction of sp³-hybridized carbons (Fsp3) is 0.588. The largest absolute Gasteiger partial charge is 0.492 e. The van der Waals surface area contributed by atoms with Crippen molar-refractivity contribution in [3.8, 4) is 5.75 Å². The van der Waals surface area contributed by atoms with E-state index in [2.05, 4.69) is 17.6 Å². The van der Waals surface area contributed by atoms with Gasteiger partial charge in [0, 0.05) is 0 Å². The van der Waals surface area contributed by atoms with Gasteiger partial charge in [-0.25, -0.2) is 0 Å². The maximum absolute atomic E-state index is 12.7. The molecule has 1 aliphatic carbocycles. The molecule has 114 valence electrons. The van der Waals surface area contributed by atoms with E-state index >= 15 is 0 Å². The van der Waals surface area contributed by atoms with Crippen LogP contribution in [-0.4, -0.2) is 18.1 Å². The number of hydrogen-bond donors (Lipinski definition) is 2. The quantitative estimate of drug-likeness (QED) is 0.889. The van der Waals surface area contributed by atoms with Gasteiger partial charge in [-0.2, -0.15) is 0 Å². The first-order valence-corrected chi connectivity index (χ1v) is 8.04. The van der Waals surface area contributed by atoms with Gasteiger partial charge in [0.1, 0.15) is 17.0 Å². The van der Waals surface area contributed by atoms with Crippen LogP contribution in [0.5, 0.6) is 5.75 Å². The van der Waals surface area contributed by atoms with E-state index in [0.717, 1.165) is 48.7 Å². The molecule has 1 aromatic carbocycles. The summed E-state index contributed by atoms with van der Waals surface area (Å²) < 4.78 is 5.61. The summed E-state index contributed by atoms with van der Waals surface area (Å²) in [4.78, 5) is 12.7. The Bertz CT molecular complexity index is 534. The first-order chi connectivity index (χ1) is 10.2. The molecule has 1 spiro atoms. The highest BCUT2D eigenvalue weighted by molar-refractivity contribution is 6.07. The van der Waals surface area contributed by atoms with Crippen molar-refractivity contribution in [3.05, 3.63) is 18.2 Å². The molecule has 0 radical (unpaired) electrons. The smallest absolute Gasteiger partial charge is 0.250 e. The average Bonchev–Trinajstić information content (AvgIpc) is 2.50. The van der Waals surface area contributed by atoms with Crippen LogP contribution in [0.1, 0.15) is 46.0 Å². The molecule has 1 fully saturated rings. The number of anilines is 2. The van der Waals surface area contributed by atoms with Crippen LogP contribution in [0.25, 0.3) is 0 Å². The van der Waals surface area contributed by atoms with Crippen LogP contribution in [0.4, 0.5) is 11.4 Å². The van der Waals surface area contributed by atoms with Crippen molar-refractivity contribution in [2.75, 3.05) is 17.2 Å². The van der Waals surface area contributed by atoms with Crippen LogP contribution in [0, 0.1) is 5.92 Å². The van der Waals surface area contributed by atoms with Crippen molar-refractivity contribution in [2.45, 2.75) is 51.5 Å². The number of hydrogen-bond acceptors (Lipinski definition) is 3. The Morgan fingerprint density at radius 2 is 2.05 bits per heavy atom. The molecule has 1 amide bonds. The number of ether oxygens (including phenoxy) is 1. The number of carbonyl (C=O) groups is 1. The molecule has 0 aromatic heterocycles. The summed E-state index contributed by atoms with van der Waals surface area (Å²) in [6.07, 6.45) is 5.28. The lowest BCUT2D eigenvalue weighted by Crippen LogP contribution is -2.54. The Labute approximate surface area is 126 Å². The highest BCUT2D eigenvalue weighted by Crippen LogP contribution is 2.44. The minimum Gasteiger partial charge on any atom is -0.492 e. The van der Waals surface area contributed by atoms with Gasteiger partial charge in [-0.05, 0) is 50.7 Å². The summed E-state index contributed by atoms with van der Waals surface area (Å²) >= 11 is 0. The molecule has 1 aromatic rings. The zero-order chi connectivity index (χ0) is 14.9. The van der Waals surface area contributed by atoms with Crippen molar-refractivity contribution in [3.63, 3.8) is 0 Å². The second kappa shape index (κ2) is 5.58. The number of nitrogens with one attached hydrogen (secondary N) is 2. The van der Waals surface area contributed by atoms with Gasteiger partial charge in [-0.3, -0.25) is 4.79 Å². The number of benzene rings is 1. The minimum absolute atomic E-state index is 0.0942. The van der Waals surface area contributed by atoms with E-state index < -0.39 is 5.54 Å². The second-order valence-electron chi connectivity index (χ2n) is 6.12. The monoisotopic (exact) mass is 288 g/mol. The van der Waals surface area contributed by atoms with Gasteiger partial charge in [0.15, 0.2) is 0 Å². The maximum atomic E-state index is 12.7. The van der Waals surface area contributed by atoms with Crippen LogP contribution in [0.3, 0.4) is 0 Å². The lowest BCUT2D eigenvalue weighted by molar-refractivity contribution is -0.121. The van der Waals surface area contributed by atoms with Crippen LogP contribution < -0.4 is 15.4 Å². The Morgan fingerprint density at radius 3 is 2.71 bits per heavy atom. The third-order valence-electron chi connectivity index (χ3n) is 4.91. The molecule has 1 aliphatic heterocycles. The average molecular weight is 288 g/mol. The SMILES string of the molecule is CCOc1cccc2c1NC(=O)C1(CCC(CC)CC1)N2. The lowest BCUT2D eigenvalue weighted by atomic mass is 9.74. The van der Waals surface area contributed by atoms with Gasteiger partial charge in [-0.15, -0.1) is 0 Å². The fourth-order valence-corrected chi connectivity index (χ4v) is 3.52. The predicted octanol–water partition coefficient (Wildman–Crippen LogP) is 3.79. The van der Waals surface area contributed by atoms with E-state index in [9.17, 15) is 4.79 Å². The lowest BCUT2D eigenvalue weighted by Gasteiger charge is -2.43. The Morgan fingerprint density at radius 1 is 1.29 bits per heavy atom. The van der Waals surface area contributed by atoms with Crippen molar-refractivity contribution in [1.82, 2.24) is 0 Å². The summed E-state index contributed by atoms with van der Waals surface area (Å²) in [5, 5.41) is 6.59. The predicted molar refractivity (Wildman–Crippen MR) is 84.8 cm³/mol. The van der Waals surface area contributed by atoms with Crippen molar-refractivity contribution >= 4 is 17.3 Å². The van der Waals surface area contributed by atoms with E-state index in [0.29, 0.717) is 6.61 Å². The van der Waals surface area contributed by atoms with Crippen molar-refractivity contribution in [2.24, 2.45) is 5.92 Å². The molecule has 0 bridgehead atoms.